The van der Waals surface area contributed by atoms with Gasteiger partial charge in [0.15, 0.2) is 0 Å². The zero-order chi connectivity index (χ0) is 27.8. The molecule has 208 valence electrons. The molecule has 0 saturated heterocycles. The molecule has 0 aliphatic rings. The Kier molecular flexibility index (Phi) is 22.8. The summed E-state index contributed by atoms with van der Waals surface area (Å²) in [6.07, 6.45) is 1.64. The summed E-state index contributed by atoms with van der Waals surface area (Å²) in [6.45, 7) is 4.04. The molecule has 0 fully saturated rings. The van der Waals surface area contributed by atoms with E-state index in [9.17, 15) is 28.8 Å². The monoisotopic (exact) mass is 520 g/mol. The third kappa shape index (κ3) is 22.5. The quantitative estimate of drug-likeness (QED) is 0.0726. The highest BCUT2D eigenvalue weighted by Gasteiger charge is 2.16. The van der Waals surface area contributed by atoms with E-state index in [0.717, 1.165) is 0 Å². The molecular weight excluding hydrogens is 480 g/mol. The molecular formula is C22H40N4O10. The van der Waals surface area contributed by atoms with E-state index in [2.05, 4.69) is 26.0 Å². The van der Waals surface area contributed by atoms with Gasteiger partial charge in [-0.05, 0) is 25.7 Å². The van der Waals surface area contributed by atoms with Crippen LogP contribution in [0.2, 0.25) is 0 Å². The Morgan fingerprint density at radius 1 is 0.778 bits per heavy atom. The smallest absolute Gasteiger partial charge is 0.306 e. The van der Waals surface area contributed by atoms with Crippen LogP contribution in [0.1, 0.15) is 46.0 Å². The van der Waals surface area contributed by atoms with Crippen molar-refractivity contribution in [3.05, 3.63) is 0 Å². The zero-order valence-electron chi connectivity index (χ0n) is 20.9. The molecule has 4 amide bonds. The van der Waals surface area contributed by atoms with Crippen LogP contribution in [-0.2, 0) is 33.5 Å². The van der Waals surface area contributed by atoms with Gasteiger partial charge in [0, 0.05) is 38.6 Å². The van der Waals surface area contributed by atoms with Gasteiger partial charge in [0.1, 0.15) is 0 Å². The first kappa shape index (κ1) is 34.9. The normalized spacial score (nSPS) is 11.6. The Bertz CT molecular complexity index is 675. The number of ether oxygens (including phenoxy) is 1. The summed E-state index contributed by atoms with van der Waals surface area (Å²) in [7, 11) is 0. The summed E-state index contributed by atoms with van der Waals surface area (Å²) in [5.74, 6) is -3.13. The Morgan fingerprint density at radius 3 is 1.78 bits per heavy atom. The number of aliphatic hydroxyl groups is 2. The predicted octanol–water partition coefficient (Wildman–Crippen LogP) is -2.10. The maximum atomic E-state index is 11.9. The highest BCUT2D eigenvalue weighted by Crippen LogP contribution is 2.05. The van der Waals surface area contributed by atoms with Crippen molar-refractivity contribution in [1.29, 1.82) is 0 Å². The van der Waals surface area contributed by atoms with E-state index in [1.54, 1.807) is 13.8 Å². The highest BCUT2D eigenvalue weighted by atomic mass is 16.5. The van der Waals surface area contributed by atoms with E-state index in [0.29, 0.717) is 38.8 Å². The molecule has 0 radical (unpaired) electrons. The summed E-state index contributed by atoms with van der Waals surface area (Å²) >= 11 is 0. The zero-order valence-corrected chi connectivity index (χ0v) is 20.9. The number of rotatable bonds is 19. The average molecular weight is 521 g/mol. The topological polar surface area (TPSA) is 220 Å². The van der Waals surface area contributed by atoms with E-state index < -0.39 is 17.8 Å². The maximum Gasteiger partial charge on any atom is 0.306 e. The highest BCUT2D eigenvalue weighted by molar-refractivity contribution is 5.87. The first-order valence-electron chi connectivity index (χ1n) is 11.7. The van der Waals surface area contributed by atoms with Gasteiger partial charge in [-0.2, -0.15) is 0 Å². The van der Waals surface area contributed by atoms with Crippen molar-refractivity contribution >= 4 is 36.1 Å². The van der Waals surface area contributed by atoms with Crippen LogP contribution in [0.15, 0.2) is 0 Å². The van der Waals surface area contributed by atoms with Crippen molar-refractivity contribution < 1.29 is 48.8 Å². The van der Waals surface area contributed by atoms with E-state index in [1.807, 2.05) is 0 Å². The minimum atomic E-state index is -0.866. The average Bonchev–Trinajstić information content (AvgIpc) is 2.85. The number of aliphatic hydroxyl groups excluding tert-OH is 2. The van der Waals surface area contributed by atoms with Gasteiger partial charge >= 0.3 is 5.97 Å². The number of hydrogen-bond acceptors (Lipinski definition) is 9. The summed E-state index contributed by atoms with van der Waals surface area (Å²) in [6, 6.07) is 0. The lowest BCUT2D eigenvalue weighted by Crippen LogP contribution is -2.40. The number of nitrogens with one attached hydrogen (secondary N) is 4. The van der Waals surface area contributed by atoms with Crippen LogP contribution in [0.25, 0.3) is 0 Å². The van der Waals surface area contributed by atoms with E-state index in [1.165, 1.54) is 0 Å². The molecule has 7 N–H and O–H groups in total. The van der Waals surface area contributed by atoms with Gasteiger partial charge in [0.25, 0.3) is 6.47 Å². The summed E-state index contributed by atoms with van der Waals surface area (Å²) in [5, 5.41) is 35.6. The largest absolute Gasteiger partial charge is 0.481 e. The van der Waals surface area contributed by atoms with Gasteiger partial charge in [-0.1, -0.05) is 13.8 Å². The second-order valence-electron chi connectivity index (χ2n) is 7.78. The molecule has 0 rings (SSSR count). The Morgan fingerprint density at radius 2 is 1.31 bits per heavy atom. The van der Waals surface area contributed by atoms with E-state index in [-0.39, 0.29) is 69.4 Å². The lowest BCUT2D eigenvalue weighted by atomic mass is 10.0. The van der Waals surface area contributed by atoms with Crippen molar-refractivity contribution in [3.63, 3.8) is 0 Å². The molecule has 36 heavy (non-hydrogen) atoms. The molecule has 0 aliphatic carbocycles. The van der Waals surface area contributed by atoms with Gasteiger partial charge in [0.2, 0.25) is 23.6 Å². The minimum absolute atomic E-state index is 0.0170. The van der Waals surface area contributed by atoms with Crippen molar-refractivity contribution in [2.24, 2.45) is 11.8 Å². The van der Waals surface area contributed by atoms with Crippen LogP contribution in [0.5, 0.6) is 0 Å². The first-order chi connectivity index (χ1) is 17.1. The summed E-state index contributed by atoms with van der Waals surface area (Å²) in [4.78, 5) is 66.1. The first-order valence-corrected chi connectivity index (χ1v) is 11.7. The van der Waals surface area contributed by atoms with Crippen molar-refractivity contribution in [2.45, 2.75) is 46.0 Å². The summed E-state index contributed by atoms with van der Waals surface area (Å²) < 4.78 is 4.31. The Hall–Kier alpha value is -3.26. The van der Waals surface area contributed by atoms with Gasteiger partial charge < -0.3 is 41.3 Å². The second-order valence-corrected chi connectivity index (χ2v) is 7.78. The van der Waals surface area contributed by atoms with Gasteiger partial charge in [0.05, 0.1) is 25.6 Å². The molecule has 0 aromatic rings. The SMILES string of the molecule is CC(CCC(=O)NCC(=O)NCCCO)C(=O)NCC(=O)NCCCO.CC(CCOC=O)C(=O)O. The van der Waals surface area contributed by atoms with Gasteiger partial charge in [-0.3, -0.25) is 28.8 Å². The van der Waals surface area contributed by atoms with Crippen molar-refractivity contribution in [3.8, 4) is 0 Å². The minimum Gasteiger partial charge on any atom is -0.481 e. The number of aliphatic carboxylic acids is 1. The van der Waals surface area contributed by atoms with Gasteiger partial charge in [-0.25, -0.2) is 0 Å². The number of amides is 4. The molecule has 0 bridgehead atoms. The molecule has 14 heteroatoms. The van der Waals surface area contributed by atoms with Crippen molar-refractivity contribution in [1.82, 2.24) is 21.3 Å². The lowest BCUT2D eigenvalue weighted by molar-refractivity contribution is -0.142. The molecule has 14 nitrogen and oxygen atoms in total. The lowest BCUT2D eigenvalue weighted by Gasteiger charge is -2.12. The standard InChI is InChI=1S/C16H30N4O6.C6H10O4/c1-12(16(26)20-11-15(25)18-7-3-9-22)4-5-13(23)19-10-14(24)17-6-2-8-21;1-5(6(8)9)2-3-10-4-7/h12,21-22H,2-11H2,1H3,(H,17,24)(H,18,25)(H,19,23)(H,20,26);4-5H,2-3H2,1H3,(H,8,9). The fourth-order valence-electron chi connectivity index (χ4n) is 2.24. The van der Waals surface area contributed by atoms with E-state index >= 15 is 0 Å². The van der Waals surface area contributed by atoms with Crippen LogP contribution in [0, 0.1) is 11.8 Å². The number of hydrogen-bond donors (Lipinski definition) is 7. The van der Waals surface area contributed by atoms with Crippen LogP contribution in [0.4, 0.5) is 0 Å². The number of carboxylic acids is 1. The van der Waals surface area contributed by atoms with Crippen LogP contribution < -0.4 is 21.3 Å². The van der Waals surface area contributed by atoms with Crippen molar-refractivity contribution in [2.75, 3.05) is 46.0 Å². The fourth-order valence-corrected chi connectivity index (χ4v) is 2.24. The molecule has 0 aromatic carbocycles. The third-order valence-electron chi connectivity index (χ3n) is 4.59. The molecule has 0 heterocycles. The molecule has 0 spiro atoms. The second kappa shape index (κ2) is 23.5. The molecule has 0 aliphatic heterocycles. The van der Waals surface area contributed by atoms with E-state index in [4.69, 9.17) is 15.3 Å². The van der Waals surface area contributed by atoms with Crippen LogP contribution in [-0.4, -0.2) is 97.4 Å². The number of carbonyl (C=O) groups excluding carboxylic acids is 5. The van der Waals surface area contributed by atoms with Crippen LogP contribution >= 0.6 is 0 Å². The molecule has 0 aromatic heterocycles. The predicted molar refractivity (Wildman–Crippen MR) is 127 cm³/mol. The third-order valence-corrected chi connectivity index (χ3v) is 4.59. The Balaban J connectivity index is 0. The number of carbonyl (C=O) groups is 6. The molecule has 0 saturated carbocycles. The van der Waals surface area contributed by atoms with Crippen LogP contribution in [0.3, 0.4) is 0 Å². The maximum absolute atomic E-state index is 11.9. The molecule has 2 unspecified atom stereocenters. The van der Waals surface area contributed by atoms with Gasteiger partial charge in [-0.15, -0.1) is 0 Å². The Labute approximate surface area is 210 Å². The number of carboxylic acid groups (broad SMARTS) is 1. The fraction of sp³-hybridized carbons (Fsp3) is 0.727. The summed E-state index contributed by atoms with van der Waals surface area (Å²) in [5.41, 5.74) is 0. The molecule has 2 atom stereocenters.